The van der Waals surface area contributed by atoms with Gasteiger partial charge in [-0.15, -0.1) is 0 Å². The van der Waals surface area contributed by atoms with Gasteiger partial charge in [0, 0.05) is 45.6 Å². The van der Waals surface area contributed by atoms with Crippen LogP contribution in [-0.2, 0) is 14.3 Å². The third-order valence-corrected chi connectivity index (χ3v) is 5.34. The number of likely N-dealkylation sites (tertiary alicyclic amines) is 1. The topological polar surface area (TPSA) is 70.1 Å². The lowest BCUT2D eigenvalue weighted by Crippen LogP contribution is -2.31. The number of hydrogen-bond acceptors (Lipinski definition) is 5. The van der Waals surface area contributed by atoms with Crippen LogP contribution in [0, 0.1) is 6.92 Å². The largest absolute Gasteiger partial charge is 0.507 e. The van der Waals surface area contributed by atoms with Crippen LogP contribution < -0.4 is 4.90 Å². The van der Waals surface area contributed by atoms with Gasteiger partial charge >= 0.3 is 0 Å². The van der Waals surface area contributed by atoms with Crippen molar-refractivity contribution in [3.05, 3.63) is 70.8 Å². The van der Waals surface area contributed by atoms with E-state index in [2.05, 4.69) is 0 Å². The summed E-state index contributed by atoms with van der Waals surface area (Å²) in [6, 6.07) is 14.3. The number of ether oxygens (including phenoxy) is 1. The molecule has 2 aromatic carbocycles. The summed E-state index contributed by atoms with van der Waals surface area (Å²) in [5.41, 5.74) is 3.48. The van der Waals surface area contributed by atoms with E-state index in [1.807, 2.05) is 62.3 Å². The standard InChI is InChI=1S/C24H28N2O4/c1-16-6-8-18(9-7-16)22(27)20-21(17-10-12-19(13-11-17)25(2)3)26(14-5-15-30-4)24(29)23(20)28/h6-13,21,27H,5,14-15H2,1-4H3/t21-/m1/s1. The monoisotopic (exact) mass is 408 g/mol. The van der Waals surface area contributed by atoms with Crippen LogP contribution in [0.5, 0.6) is 0 Å². The van der Waals surface area contributed by atoms with Crippen LogP contribution in [0.15, 0.2) is 54.1 Å². The number of carbonyl (C=O) groups is 2. The molecule has 0 saturated carbocycles. The molecule has 6 nitrogen and oxygen atoms in total. The summed E-state index contributed by atoms with van der Waals surface area (Å²) in [5.74, 6) is -1.40. The number of nitrogens with zero attached hydrogens (tertiary/aromatic N) is 2. The Kier molecular flexibility index (Phi) is 6.57. The van der Waals surface area contributed by atoms with Crippen molar-refractivity contribution in [3.8, 4) is 0 Å². The molecule has 1 aliphatic heterocycles. The first-order valence-electron chi connectivity index (χ1n) is 9.96. The lowest BCUT2D eigenvalue weighted by molar-refractivity contribution is -0.140. The average molecular weight is 408 g/mol. The summed E-state index contributed by atoms with van der Waals surface area (Å²) in [7, 11) is 5.50. The zero-order chi connectivity index (χ0) is 21.8. The van der Waals surface area contributed by atoms with Gasteiger partial charge in [-0.25, -0.2) is 0 Å². The van der Waals surface area contributed by atoms with E-state index in [0.717, 1.165) is 16.8 Å². The number of anilines is 1. The maximum atomic E-state index is 12.9. The molecule has 6 heteroatoms. The minimum absolute atomic E-state index is 0.124. The fraction of sp³-hybridized carbons (Fsp3) is 0.333. The SMILES string of the molecule is COCCCN1C(=O)C(=O)C(=C(O)c2ccc(C)cc2)[C@H]1c1ccc(N(C)C)cc1. The van der Waals surface area contributed by atoms with E-state index in [9.17, 15) is 14.7 Å². The number of aryl methyl sites for hydroxylation is 1. The Morgan fingerprint density at radius 2 is 1.70 bits per heavy atom. The summed E-state index contributed by atoms with van der Waals surface area (Å²) in [6.07, 6.45) is 0.598. The number of rotatable bonds is 7. The van der Waals surface area contributed by atoms with Crippen LogP contribution >= 0.6 is 0 Å². The number of aliphatic hydroxyl groups excluding tert-OH is 1. The molecule has 1 N–H and O–H groups in total. The highest BCUT2D eigenvalue weighted by molar-refractivity contribution is 6.46. The first kappa shape index (κ1) is 21.6. The van der Waals surface area contributed by atoms with Crippen LogP contribution in [0.4, 0.5) is 5.69 Å². The van der Waals surface area contributed by atoms with Crippen molar-refractivity contribution in [2.75, 3.05) is 39.3 Å². The van der Waals surface area contributed by atoms with Crippen molar-refractivity contribution in [3.63, 3.8) is 0 Å². The van der Waals surface area contributed by atoms with Crippen LogP contribution in [0.25, 0.3) is 5.76 Å². The van der Waals surface area contributed by atoms with Crippen LogP contribution in [0.3, 0.4) is 0 Å². The molecule has 30 heavy (non-hydrogen) atoms. The van der Waals surface area contributed by atoms with Gasteiger partial charge in [-0.05, 0) is 31.0 Å². The molecular weight excluding hydrogens is 380 g/mol. The number of aliphatic hydroxyl groups is 1. The van der Waals surface area contributed by atoms with Crippen molar-refractivity contribution in [2.45, 2.75) is 19.4 Å². The van der Waals surface area contributed by atoms with E-state index in [1.165, 1.54) is 4.90 Å². The third kappa shape index (κ3) is 4.24. The minimum atomic E-state index is -0.660. The van der Waals surface area contributed by atoms with Gasteiger partial charge in [0.1, 0.15) is 5.76 Å². The lowest BCUT2D eigenvalue weighted by atomic mass is 9.95. The summed E-state index contributed by atoms with van der Waals surface area (Å²) in [4.78, 5) is 29.3. The molecule has 1 fully saturated rings. The number of amides is 1. The molecule has 1 heterocycles. The van der Waals surface area contributed by atoms with Gasteiger partial charge in [-0.2, -0.15) is 0 Å². The normalized spacial score (nSPS) is 18.1. The van der Waals surface area contributed by atoms with Crippen molar-refractivity contribution >= 4 is 23.1 Å². The second kappa shape index (κ2) is 9.13. The Morgan fingerprint density at radius 1 is 1.07 bits per heavy atom. The Bertz CT molecular complexity index is 946. The van der Waals surface area contributed by atoms with Gasteiger partial charge in [0.05, 0.1) is 11.6 Å². The molecule has 0 radical (unpaired) electrons. The number of benzene rings is 2. The molecule has 1 amide bonds. The highest BCUT2D eigenvalue weighted by atomic mass is 16.5. The van der Waals surface area contributed by atoms with Crippen molar-refractivity contribution < 1.29 is 19.4 Å². The predicted molar refractivity (Wildman–Crippen MR) is 117 cm³/mol. The Labute approximate surface area is 177 Å². The number of hydrogen-bond donors (Lipinski definition) is 1. The molecule has 1 atom stereocenters. The molecule has 0 bridgehead atoms. The predicted octanol–water partition coefficient (Wildman–Crippen LogP) is 3.52. The minimum Gasteiger partial charge on any atom is -0.507 e. The second-order valence-corrected chi connectivity index (χ2v) is 7.69. The van der Waals surface area contributed by atoms with E-state index in [4.69, 9.17) is 4.74 Å². The summed E-state index contributed by atoms with van der Waals surface area (Å²) < 4.78 is 5.11. The molecule has 0 aromatic heterocycles. The van der Waals surface area contributed by atoms with Crippen molar-refractivity contribution in [1.29, 1.82) is 0 Å². The summed E-state index contributed by atoms with van der Waals surface area (Å²) in [6.45, 7) is 2.79. The zero-order valence-electron chi connectivity index (χ0n) is 17.9. The zero-order valence-corrected chi connectivity index (χ0v) is 17.9. The van der Waals surface area contributed by atoms with Crippen LogP contribution in [0.2, 0.25) is 0 Å². The first-order chi connectivity index (χ1) is 14.3. The molecule has 3 rings (SSSR count). The Balaban J connectivity index is 2.10. The number of ketones is 1. The third-order valence-electron chi connectivity index (χ3n) is 5.34. The number of Topliss-reactive ketones (excluding diaryl/α,β-unsaturated/α-hetero) is 1. The van der Waals surface area contributed by atoms with Crippen LogP contribution in [0.1, 0.15) is 29.2 Å². The maximum Gasteiger partial charge on any atom is 0.295 e. The van der Waals surface area contributed by atoms with Gasteiger partial charge in [-0.1, -0.05) is 42.0 Å². The van der Waals surface area contributed by atoms with E-state index in [1.54, 1.807) is 19.2 Å². The molecule has 1 saturated heterocycles. The number of carbonyl (C=O) groups excluding carboxylic acids is 2. The Hall–Kier alpha value is -3.12. The molecule has 1 aliphatic rings. The fourth-order valence-corrected chi connectivity index (χ4v) is 3.66. The maximum absolute atomic E-state index is 12.9. The highest BCUT2D eigenvalue weighted by Crippen LogP contribution is 2.39. The molecular formula is C24H28N2O4. The quantitative estimate of drug-likeness (QED) is 0.329. The second-order valence-electron chi connectivity index (χ2n) is 7.69. The van der Waals surface area contributed by atoms with E-state index in [0.29, 0.717) is 25.1 Å². The van der Waals surface area contributed by atoms with Crippen molar-refractivity contribution in [1.82, 2.24) is 4.90 Å². The molecule has 0 aliphatic carbocycles. The van der Waals surface area contributed by atoms with Crippen LogP contribution in [-0.4, -0.2) is 56.1 Å². The average Bonchev–Trinajstić information content (AvgIpc) is 2.99. The van der Waals surface area contributed by atoms with Gasteiger partial charge in [0.2, 0.25) is 0 Å². The molecule has 2 aromatic rings. The van der Waals surface area contributed by atoms with Gasteiger partial charge < -0.3 is 19.6 Å². The molecule has 158 valence electrons. The van der Waals surface area contributed by atoms with Gasteiger partial charge in [-0.3, -0.25) is 9.59 Å². The lowest BCUT2D eigenvalue weighted by Gasteiger charge is -2.26. The Morgan fingerprint density at radius 3 is 2.27 bits per heavy atom. The first-order valence-corrected chi connectivity index (χ1v) is 9.96. The highest BCUT2D eigenvalue weighted by Gasteiger charge is 2.45. The van der Waals surface area contributed by atoms with E-state index >= 15 is 0 Å². The van der Waals surface area contributed by atoms with Crippen molar-refractivity contribution in [2.24, 2.45) is 0 Å². The smallest absolute Gasteiger partial charge is 0.295 e. The van der Waals surface area contributed by atoms with Gasteiger partial charge in [0.15, 0.2) is 0 Å². The molecule has 0 spiro atoms. The van der Waals surface area contributed by atoms with Gasteiger partial charge in [0.25, 0.3) is 11.7 Å². The fourth-order valence-electron chi connectivity index (χ4n) is 3.66. The number of methoxy groups -OCH3 is 1. The summed E-state index contributed by atoms with van der Waals surface area (Å²) >= 11 is 0. The van der Waals surface area contributed by atoms with E-state index < -0.39 is 17.7 Å². The summed E-state index contributed by atoms with van der Waals surface area (Å²) in [5, 5.41) is 11.0. The van der Waals surface area contributed by atoms with E-state index in [-0.39, 0.29) is 11.3 Å². The molecule has 0 unspecified atom stereocenters.